The molecule has 1 atom stereocenters. The Morgan fingerprint density at radius 3 is 2.42 bits per heavy atom. The summed E-state index contributed by atoms with van der Waals surface area (Å²) in [6.45, 7) is 0.989. The highest BCUT2D eigenvalue weighted by atomic mass is 79.9. The summed E-state index contributed by atoms with van der Waals surface area (Å²) in [5.74, 6) is 0. The highest BCUT2D eigenvalue weighted by Gasteiger charge is 2.27. The summed E-state index contributed by atoms with van der Waals surface area (Å²) < 4.78 is 38.9. The molecule has 0 bridgehead atoms. The van der Waals surface area contributed by atoms with Crippen molar-refractivity contribution in [2.45, 2.75) is 30.8 Å². The van der Waals surface area contributed by atoms with E-state index in [4.69, 9.17) is 0 Å². The van der Waals surface area contributed by atoms with E-state index in [0.29, 0.717) is 11.2 Å². The Morgan fingerprint density at radius 2 is 2.00 bits per heavy atom. The van der Waals surface area contributed by atoms with E-state index < -0.39 is 12.8 Å². The van der Waals surface area contributed by atoms with Crippen molar-refractivity contribution in [1.82, 2.24) is 0 Å². The average molecular weight is 249 g/mol. The first-order valence-corrected chi connectivity index (χ1v) is 4.62. The number of rotatable bonds is 5. The van der Waals surface area contributed by atoms with Gasteiger partial charge in [0.25, 0.3) is 0 Å². The summed E-state index contributed by atoms with van der Waals surface area (Å²) in [7, 11) is 0. The zero-order chi connectivity index (χ0) is 9.61. The maximum absolute atomic E-state index is 11.5. The van der Waals surface area contributed by atoms with Crippen molar-refractivity contribution >= 4 is 15.9 Å². The molecule has 0 saturated carbocycles. The summed E-state index contributed by atoms with van der Waals surface area (Å²) in [6.07, 6.45) is -2.71. The van der Waals surface area contributed by atoms with Crippen molar-refractivity contribution < 1.29 is 17.9 Å². The van der Waals surface area contributed by atoms with Gasteiger partial charge in [0.05, 0.1) is 0 Å². The second kappa shape index (κ2) is 5.80. The number of halogens is 4. The average Bonchev–Trinajstić information content (AvgIpc) is 1.83. The first-order valence-electron chi connectivity index (χ1n) is 3.70. The third kappa shape index (κ3) is 10.2. The molecule has 0 N–H and O–H groups in total. The van der Waals surface area contributed by atoms with Crippen molar-refractivity contribution in [3.8, 4) is 0 Å². The van der Waals surface area contributed by atoms with Crippen LogP contribution in [0.1, 0.15) is 19.8 Å². The third-order valence-corrected chi connectivity index (χ3v) is 1.61. The predicted octanol–water partition coefficient (Wildman–Crippen LogP) is 3.13. The van der Waals surface area contributed by atoms with Crippen LogP contribution in [0.4, 0.5) is 13.2 Å². The van der Waals surface area contributed by atoms with E-state index in [0.717, 1.165) is 6.42 Å². The molecule has 0 saturated heterocycles. The molecule has 0 aliphatic carbocycles. The lowest BCUT2D eigenvalue weighted by atomic mass is 10.3. The lowest BCUT2D eigenvalue weighted by Gasteiger charge is -2.07. The summed E-state index contributed by atoms with van der Waals surface area (Å²) >= 11 is 3.29. The smallest absolute Gasteiger partial charge is 0.372 e. The van der Waals surface area contributed by atoms with Crippen LogP contribution >= 0.6 is 15.9 Å². The van der Waals surface area contributed by atoms with E-state index >= 15 is 0 Å². The van der Waals surface area contributed by atoms with Crippen LogP contribution in [-0.2, 0) is 4.74 Å². The molecule has 0 heterocycles. The van der Waals surface area contributed by atoms with Crippen molar-refractivity contribution in [1.29, 1.82) is 0 Å². The minimum Gasteiger partial charge on any atom is -0.372 e. The number of alkyl halides is 4. The standard InChI is InChI=1S/C7H12BrF3O/c1-6(8)3-2-4-12-5-7(9,10)11/h6H,2-5H2,1H3/t6-/m0/s1. The molecule has 0 unspecified atom stereocenters. The van der Waals surface area contributed by atoms with Gasteiger partial charge in [-0.1, -0.05) is 22.9 Å². The molecule has 0 radical (unpaired) electrons. The van der Waals surface area contributed by atoms with Crippen LogP contribution in [0.2, 0.25) is 0 Å². The van der Waals surface area contributed by atoms with Crippen LogP contribution in [0.25, 0.3) is 0 Å². The van der Waals surface area contributed by atoms with Gasteiger partial charge < -0.3 is 4.74 Å². The predicted molar refractivity (Wildman–Crippen MR) is 44.5 cm³/mol. The van der Waals surface area contributed by atoms with Crippen molar-refractivity contribution in [3.05, 3.63) is 0 Å². The van der Waals surface area contributed by atoms with Crippen LogP contribution in [0.5, 0.6) is 0 Å². The lowest BCUT2D eigenvalue weighted by molar-refractivity contribution is -0.174. The topological polar surface area (TPSA) is 9.23 Å². The third-order valence-electron chi connectivity index (χ3n) is 1.16. The summed E-state index contributed by atoms with van der Waals surface area (Å²) in [4.78, 5) is 0.340. The lowest BCUT2D eigenvalue weighted by Crippen LogP contribution is -2.17. The molecule has 1 nitrogen and oxygen atoms in total. The highest BCUT2D eigenvalue weighted by Crippen LogP contribution is 2.15. The van der Waals surface area contributed by atoms with Gasteiger partial charge in [0.2, 0.25) is 0 Å². The van der Waals surface area contributed by atoms with E-state index in [2.05, 4.69) is 20.7 Å². The summed E-state index contributed by atoms with van der Waals surface area (Å²) in [5.41, 5.74) is 0. The molecule has 0 aromatic heterocycles. The molecule has 0 aromatic rings. The Bertz CT molecular complexity index is 114. The van der Waals surface area contributed by atoms with Crippen LogP contribution in [-0.4, -0.2) is 24.2 Å². The first kappa shape index (κ1) is 12.2. The Morgan fingerprint density at radius 1 is 1.42 bits per heavy atom. The zero-order valence-corrected chi connectivity index (χ0v) is 8.41. The Labute approximate surface area is 78.4 Å². The summed E-state index contributed by atoms with van der Waals surface area (Å²) in [6, 6.07) is 0. The SMILES string of the molecule is C[C@H](Br)CCCOCC(F)(F)F. The van der Waals surface area contributed by atoms with Crippen LogP contribution in [0.15, 0.2) is 0 Å². The van der Waals surface area contributed by atoms with E-state index in [1.165, 1.54) is 0 Å². The molecule has 0 amide bonds. The van der Waals surface area contributed by atoms with Crippen LogP contribution in [0, 0.1) is 0 Å². The quantitative estimate of drug-likeness (QED) is 0.537. The maximum atomic E-state index is 11.5. The fraction of sp³-hybridized carbons (Fsp3) is 1.00. The minimum absolute atomic E-state index is 0.176. The highest BCUT2D eigenvalue weighted by molar-refractivity contribution is 9.09. The maximum Gasteiger partial charge on any atom is 0.411 e. The molecule has 0 aliphatic heterocycles. The number of hydrogen-bond donors (Lipinski definition) is 0. The van der Waals surface area contributed by atoms with Crippen LogP contribution in [0.3, 0.4) is 0 Å². The molecular formula is C7H12BrF3O. The molecule has 0 fully saturated rings. The number of ether oxygens (including phenoxy) is 1. The second-order valence-electron chi connectivity index (χ2n) is 2.59. The molecular weight excluding hydrogens is 237 g/mol. The van der Waals surface area contributed by atoms with Gasteiger partial charge in [-0.15, -0.1) is 0 Å². The van der Waals surface area contributed by atoms with E-state index in [1.807, 2.05) is 6.92 Å². The van der Waals surface area contributed by atoms with Crippen LogP contribution < -0.4 is 0 Å². The molecule has 74 valence electrons. The molecule has 0 spiro atoms. The van der Waals surface area contributed by atoms with E-state index in [-0.39, 0.29) is 6.61 Å². The fourth-order valence-corrected chi connectivity index (χ4v) is 0.978. The van der Waals surface area contributed by atoms with Gasteiger partial charge in [0, 0.05) is 11.4 Å². The number of hydrogen-bond acceptors (Lipinski definition) is 1. The first-order chi connectivity index (χ1) is 5.42. The second-order valence-corrected chi connectivity index (χ2v) is 4.15. The van der Waals surface area contributed by atoms with Gasteiger partial charge in [-0.05, 0) is 12.8 Å². The fourth-order valence-electron chi connectivity index (χ4n) is 0.655. The molecule has 5 heteroatoms. The summed E-state index contributed by atoms with van der Waals surface area (Å²) in [5, 5.41) is 0. The molecule has 12 heavy (non-hydrogen) atoms. The van der Waals surface area contributed by atoms with Gasteiger partial charge in [0.15, 0.2) is 0 Å². The normalized spacial score (nSPS) is 14.8. The monoisotopic (exact) mass is 248 g/mol. The van der Waals surface area contributed by atoms with Gasteiger partial charge in [-0.2, -0.15) is 13.2 Å². The van der Waals surface area contributed by atoms with Crippen molar-refractivity contribution in [2.24, 2.45) is 0 Å². The largest absolute Gasteiger partial charge is 0.411 e. The zero-order valence-electron chi connectivity index (χ0n) is 6.83. The minimum atomic E-state index is -4.19. The van der Waals surface area contributed by atoms with Crippen molar-refractivity contribution in [2.75, 3.05) is 13.2 Å². The Hall–Kier alpha value is 0.230. The van der Waals surface area contributed by atoms with Crippen molar-refractivity contribution in [3.63, 3.8) is 0 Å². The molecule has 0 aliphatic rings. The van der Waals surface area contributed by atoms with Gasteiger partial charge in [-0.25, -0.2) is 0 Å². The molecule has 0 rings (SSSR count). The Balaban J connectivity index is 3.12. The van der Waals surface area contributed by atoms with Gasteiger partial charge in [0.1, 0.15) is 6.61 Å². The van der Waals surface area contributed by atoms with E-state index in [1.54, 1.807) is 0 Å². The van der Waals surface area contributed by atoms with E-state index in [9.17, 15) is 13.2 Å². The molecule has 0 aromatic carbocycles. The Kier molecular flexibility index (Phi) is 5.92. The van der Waals surface area contributed by atoms with Gasteiger partial charge >= 0.3 is 6.18 Å². The van der Waals surface area contributed by atoms with Gasteiger partial charge in [-0.3, -0.25) is 0 Å².